The van der Waals surface area contributed by atoms with Crippen LogP contribution in [0.5, 0.6) is 0 Å². The summed E-state index contributed by atoms with van der Waals surface area (Å²) in [7, 11) is 1.77. The fourth-order valence-electron chi connectivity index (χ4n) is 2.35. The van der Waals surface area contributed by atoms with E-state index >= 15 is 0 Å². The predicted octanol–water partition coefficient (Wildman–Crippen LogP) is 2.41. The van der Waals surface area contributed by atoms with E-state index in [0.29, 0.717) is 11.9 Å². The monoisotopic (exact) mass is 270 g/mol. The van der Waals surface area contributed by atoms with E-state index in [-0.39, 0.29) is 5.82 Å². The summed E-state index contributed by atoms with van der Waals surface area (Å²) in [5, 5.41) is 14.9. The van der Waals surface area contributed by atoms with Gasteiger partial charge in [0.2, 0.25) is 12.1 Å². The van der Waals surface area contributed by atoms with Crippen molar-refractivity contribution in [3.63, 3.8) is 0 Å². The van der Waals surface area contributed by atoms with Crippen LogP contribution in [0.25, 0.3) is 0 Å². The van der Waals surface area contributed by atoms with Gasteiger partial charge in [0.25, 0.3) is 0 Å². The number of nitro groups is 1. The van der Waals surface area contributed by atoms with Crippen molar-refractivity contribution in [3.8, 4) is 0 Å². The Bertz CT molecular complexity index is 427. The fraction of sp³-hybridized carbons (Fsp3) is 0.727. The number of aromatic nitrogens is 2. The molecule has 0 atom stereocenters. The molecule has 0 unspecified atom stereocenters. The second kappa shape index (κ2) is 5.60. The molecule has 100 valence electrons. The molecule has 1 N–H and O–H groups in total. The van der Waals surface area contributed by atoms with Crippen LogP contribution in [0.4, 0.5) is 11.6 Å². The maximum atomic E-state index is 10.9. The van der Waals surface area contributed by atoms with Gasteiger partial charge in [0.1, 0.15) is 0 Å². The number of hydrogen-bond donors (Lipinski definition) is 1. The molecular weight excluding hydrogens is 252 g/mol. The van der Waals surface area contributed by atoms with Gasteiger partial charge in [-0.15, -0.1) is 0 Å². The van der Waals surface area contributed by atoms with Crippen molar-refractivity contribution < 1.29 is 4.92 Å². The Kier molecular flexibility index (Phi) is 4.11. The van der Waals surface area contributed by atoms with E-state index < -0.39 is 4.92 Å². The molecule has 1 aliphatic carbocycles. The van der Waals surface area contributed by atoms with Crippen LogP contribution in [0.1, 0.15) is 25.7 Å². The molecule has 0 saturated heterocycles. The number of rotatable bonds is 4. The van der Waals surface area contributed by atoms with Gasteiger partial charge in [0.05, 0.1) is 0 Å². The highest BCUT2D eigenvalue weighted by molar-refractivity contribution is 7.99. The highest BCUT2D eigenvalue weighted by atomic mass is 32.2. The standard InChI is InChI=1S/C11H18N4O2S/c1-14-7-12-10(15(16)17)11(14)13-8-3-5-9(18-2)6-4-8/h7-9,13H,3-6H2,1-2H3. The summed E-state index contributed by atoms with van der Waals surface area (Å²) < 4.78 is 1.68. The number of imidazole rings is 1. The van der Waals surface area contributed by atoms with Gasteiger partial charge in [-0.05, 0) is 41.8 Å². The van der Waals surface area contributed by atoms with Crippen LogP contribution in [0, 0.1) is 10.1 Å². The normalized spacial score (nSPS) is 23.9. The third-order valence-electron chi connectivity index (χ3n) is 3.44. The lowest BCUT2D eigenvalue weighted by molar-refractivity contribution is -0.388. The first-order chi connectivity index (χ1) is 8.61. The predicted molar refractivity (Wildman–Crippen MR) is 73.0 cm³/mol. The van der Waals surface area contributed by atoms with Gasteiger partial charge in [0, 0.05) is 18.3 Å². The minimum Gasteiger partial charge on any atom is -0.362 e. The molecule has 7 heteroatoms. The van der Waals surface area contributed by atoms with Crippen LogP contribution in [-0.2, 0) is 7.05 Å². The number of nitrogens with zero attached hydrogens (tertiary/aromatic N) is 3. The van der Waals surface area contributed by atoms with E-state index in [2.05, 4.69) is 16.6 Å². The van der Waals surface area contributed by atoms with Crippen LogP contribution >= 0.6 is 11.8 Å². The van der Waals surface area contributed by atoms with Gasteiger partial charge < -0.3 is 15.4 Å². The van der Waals surface area contributed by atoms with Crippen molar-refractivity contribution in [2.45, 2.75) is 37.0 Å². The molecule has 0 spiro atoms. The van der Waals surface area contributed by atoms with Crippen LogP contribution in [0.3, 0.4) is 0 Å². The number of hydrogen-bond acceptors (Lipinski definition) is 5. The first-order valence-electron chi connectivity index (χ1n) is 6.07. The number of thioether (sulfide) groups is 1. The molecule has 0 aliphatic heterocycles. The molecule has 2 rings (SSSR count). The first-order valence-corrected chi connectivity index (χ1v) is 7.35. The number of anilines is 1. The Balaban J connectivity index is 2.02. The third-order valence-corrected chi connectivity index (χ3v) is 4.58. The molecule has 0 bridgehead atoms. The highest BCUT2D eigenvalue weighted by Gasteiger charge is 2.25. The molecule has 1 aromatic rings. The number of aryl methyl sites for hydroxylation is 1. The molecular formula is C11H18N4O2S. The second-order valence-corrected chi connectivity index (χ2v) is 5.78. The molecule has 0 radical (unpaired) electrons. The topological polar surface area (TPSA) is 73.0 Å². The summed E-state index contributed by atoms with van der Waals surface area (Å²) in [5.74, 6) is 0.442. The molecule has 1 saturated carbocycles. The van der Waals surface area contributed by atoms with E-state index in [4.69, 9.17) is 0 Å². The van der Waals surface area contributed by atoms with Gasteiger partial charge in [-0.3, -0.25) is 4.57 Å². The molecule has 6 nitrogen and oxygen atoms in total. The van der Waals surface area contributed by atoms with Gasteiger partial charge >= 0.3 is 5.82 Å². The lowest BCUT2D eigenvalue weighted by Gasteiger charge is -2.28. The maximum Gasteiger partial charge on any atom is 0.406 e. The van der Waals surface area contributed by atoms with Crippen LogP contribution in [0.2, 0.25) is 0 Å². The SMILES string of the molecule is CSC1CCC(Nc2c([N+](=O)[O-])ncn2C)CC1. The quantitative estimate of drug-likeness (QED) is 0.672. The van der Waals surface area contributed by atoms with Crippen molar-refractivity contribution >= 4 is 23.4 Å². The average molecular weight is 270 g/mol. The largest absolute Gasteiger partial charge is 0.406 e. The van der Waals surface area contributed by atoms with Crippen LogP contribution in [0.15, 0.2) is 6.33 Å². The average Bonchev–Trinajstić information content (AvgIpc) is 2.72. The molecule has 18 heavy (non-hydrogen) atoms. The Morgan fingerprint density at radius 1 is 1.50 bits per heavy atom. The minimum absolute atomic E-state index is 0.0792. The fourth-order valence-corrected chi connectivity index (χ4v) is 3.10. The lowest BCUT2D eigenvalue weighted by Crippen LogP contribution is -2.28. The van der Waals surface area contributed by atoms with Crippen LogP contribution < -0.4 is 5.32 Å². The second-order valence-electron chi connectivity index (χ2n) is 4.64. The summed E-state index contributed by atoms with van der Waals surface area (Å²) >= 11 is 1.91. The third kappa shape index (κ3) is 2.77. The molecule has 1 aromatic heterocycles. The molecule has 1 fully saturated rings. The highest BCUT2D eigenvalue weighted by Crippen LogP contribution is 2.30. The molecule has 1 aliphatic rings. The Labute approximate surface area is 110 Å². The summed E-state index contributed by atoms with van der Waals surface area (Å²) in [6, 6.07) is 0.322. The van der Waals surface area contributed by atoms with E-state index in [9.17, 15) is 10.1 Å². The summed E-state index contributed by atoms with van der Waals surface area (Å²) in [4.78, 5) is 14.2. The number of nitrogens with one attached hydrogen (secondary N) is 1. The van der Waals surface area contributed by atoms with Crippen molar-refractivity contribution in [1.29, 1.82) is 0 Å². The zero-order valence-corrected chi connectivity index (χ0v) is 11.4. The Morgan fingerprint density at radius 3 is 2.72 bits per heavy atom. The van der Waals surface area contributed by atoms with Gasteiger partial charge in [-0.25, -0.2) is 0 Å². The van der Waals surface area contributed by atoms with Gasteiger partial charge in [-0.1, -0.05) is 0 Å². The Hall–Kier alpha value is -1.24. The Morgan fingerprint density at radius 2 is 2.17 bits per heavy atom. The maximum absolute atomic E-state index is 10.9. The molecule has 0 amide bonds. The van der Waals surface area contributed by atoms with Gasteiger partial charge in [0.15, 0.2) is 0 Å². The van der Waals surface area contributed by atoms with E-state index in [1.54, 1.807) is 11.6 Å². The molecule has 0 aromatic carbocycles. The summed E-state index contributed by atoms with van der Waals surface area (Å²) in [5.41, 5.74) is 0. The lowest BCUT2D eigenvalue weighted by atomic mass is 9.95. The molecule has 1 heterocycles. The van der Waals surface area contributed by atoms with E-state index in [1.807, 2.05) is 11.8 Å². The van der Waals surface area contributed by atoms with Crippen molar-refractivity contribution in [2.75, 3.05) is 11.6 Å². The van der Waals surface area contributed by atoms with E-state index in [1.165, 1.54) is 19.2 Å². The van der Waals surface area contributed by atoms with Crippen molar-refractivity contribution in [2.24, 2.45) is 7.05 Å². The van der Waals surface area contributed by atoms with Gasteiger partial charge in [-0.2, -0.15) is 11.8 Å². The smallest absolute Gasteiger partial charge is 0.362 e. The zero-order chi connectivity index (χ0) is 13.1. The van der Waals surface area contributed by atoms with Crippen molar-refractivity contribution in [1.82, 2.24) is 9.55 Å². The van der Waals surface area contributed by atoms with Crippen LogP contribution in [-0.4, -0.2) is 32.0 Å². The van der Waals surface area contributed by atoms with E-state index in [0.717, 1.165) is 18.1 Å². The summed E-state index contributed by atoms with van der Waals surface area (Å²) in [6.07, 6.45) is 8.09. The zero-order valence-electron chi connectivity index (χ0n) is 10.6. The van der Waals surface area contributed by atoms with Crippen molar-refractivity contribution in [3.05, 3.63) is 16.4 Å². The minimum atomic E-state index is -0.435. The summed E-state index contributed by atoms with van der Waals surface area (Å²) in [6.45, 7) is 0. The first kappa shape index (κ1) is 13.2.